The molecule has 5 heteroatoms. The Bertz CT molecular complexity index is 330. The van der Waals surface area contributed by atoms with E-state index in [9.17, 15) is 8.78 Å². The van der Waals surface area contributed by atoms with Crippen LogP contribution in [0.4, 0.5) is 8.78 Å². The van der Waals surface area contributed by atoms with E-state index in [4.69, 9.17) is 5.26 Å². The van der Waals surface area contributed by atoms with Crippen molar-refractivity contribution in [3.05, 3.63) is 23.3 Å². The third-order valence-electron chi connectivity index (χ3n) is 1.30. The quantitative estimate of drug-likeness (QED) is 0.641. The highest BCUT2D eigenvalue weighted by atomic mass is 19.3. The predicted molar refractivity (Wildman–Crippen MR) is 36.4 cm³/mol. The first-order valence-electron chi connectivity index (χ1n) is 3.17. The monoisotopic (exact) mass is 169 g/mol. The molecule has 12 heavy (non-hydrogen) atoms. The number of aromatic nitrogens is 2. The van der Waals surface area contributed by atoms with Crippen LogP contribution in [-0.2, 0) is 0 Å². The molecule has 0 saturated carbocycles. The van der Waals surface area contributed by atoms with E-state index in [0.717, 1.165) is 6.20 Å². The molecule has 1 aromatic rings. The lowest BCUT2D eigenvalue weighted by Crippen LogP contribution is -1.98. The normalized spacial score (nSPS) is 9.92. The van der Waals surface area contributed by atoms with Crippen LogP contribution < -0.4 is 0 Å². The van der Waals surface area contributed by atoms with Crippen LogP contribution in [0.5, 0.6) is 0 Å². The van der Waals surface area contributed by atoms with Gasteiger partial charge in [-0.25, -0.2) is 13.8 Å². The lowest BCUT2D eigenvalue weighted by molar-refractivity contribution is 0.145. The molecule has 0 N–H and O–H groups in total. The molecule has 0 fully saturated rings. The summed E-state index contributed by atoms with van der Waals surface area (Å²) in [4.78, 5) is 7.02. The Morgan fingerprint density at radius 1 is 1.58 bits per heavy atom. The molecule has 0 atom stereocenters. The number of nitrogens with zero attached hydrogens (tertiary/aromatic N) is 3. The Hall–Kier alpha value is -1.57. The van der Waals surface area contributed by atoms with Crippen LogP contribution >= 0.6 is 0 Å². The molecule has 1 rings (SSSR count). The van der Waals surface area contributed by atoms with Crippen LogP contribution in [0.2, 0.25) is 0 Å². The van der Waals surface area contributed by atoms with Crippen molar-refractivity contribution in [2.75, 3.05) is 0 Å². The third-order valence-corrected chi connectivity index (χ3v) is 1.30. The first kappa shape index (κ1) is 8.53. The molecule has 0 radical (unpaired) electrons. The second kappa shape index (κ2) is 3.22. The molecular formula is C7H5F2N3. The smallest absolute Gasteiger partial charge is 0.256 e. The fourth-order valence-corrected chi connectivity index (χ4v) is 0.674. The van der Waals surface area contributed by atoms with Crippen LogP contribution in [-0.4, -0.2) is 9.97 Å². The standard InChI is InChI=1S/C7H5F2N3/c1-4-5(2-10)12-6(3-11-4)7(8)9/h3,7H,1H3. The van der Waals surface area contributed by atoms with E-state index in [-0.39, 0.29) is 5.69 Å². The van der Waals surface area contributed by atoms with E-state index in [1.807, 2.05) is 0 Å². The van der Waals surface area contributed by atoms with Gasteiger partial charge in [-0.3, -0.25) is 4.98 Å². The second-order valence-electron chi connectivity index (χ2n) is 2.14. The summed E-state index contributed by atoms with van der Waals surface area (Å²) in [6, 6.07) is 1.68. The summed E-state index contributed by atoms with van der Waals surface area (Å²) in [7, 11) is 0. The Labute approximate surface area is 67.7 Å². The second-order valence-corrected chi connectivity index (χ2v) is 2.14. The van der Waals surface area contributed by atoms with E-state index >= 15 is 0 Å². The number of aryl methyl sites for hydroxylation is 1. The fraction of sp³-hybridized carbons (Fsp3) is 0.286. The summed E-state index contributed by atoms with van der Waals surface area (Å²) in [5, 5.41) is 8.43. The van der Waals surface area contributed by atoms with E-state index in [0.29, 0.717) is 5.69 Å². The molecule has 0 amide bonds. The first-order chi connectivity index (χ1) is 5.65. The molecule has 0 spiro atoms. The summed E-state index contributed by atoms with van der Waals surface area (Å²) in [5.74, 6) is 0. The van der Waals surface area contributed by atoms with Crippen LogP contribution in [0.1, 0.15) is 23.5 Å². The number of hydrogen-bond donors (Lipinski definition) is 0. The number of nitriles is 1. The van der Waals surface area contributed by atoms with Gasteiger partial charge in [0.15, 0.2) is 5.69 Å². The number of alkyl halides is 2. The van der Waals surface area contributed by atoms with Gasteiger partial charge in [-0.15, -0.1) is 0 Å². The van der Waals surface area contributed by atoms with Crippen molar-refractivity contribution < 1.29 is 8.78 Å². The average Bonchev–Trinajstić information content (AvgIpc) is 2.05. The van der Waals surface area contributed by atoms with E-state index in [1.165, 1.54) is 0 Å². The lowest BCUT2D eigenvalue weighted by atomic mass is 10.3. The van der Waals surface area contributed by atoms with Crippen LogP contribution in [0, 0.1) is 18.3 Å². The molecule has 1 aromatic heterocycles. The average molecular weight is 169 g/mol. The molecule has 0 bridgehead atoms. The van der Waals surface area contributed by atoms with Gasteiger partial charge >= 0.3 is 0 Å². The van der Waals surface area contributed by atoms with Gasteiger partial charge in [0, 0.05) is 0 Å². The maximum Gasteiger partial charge on any atom is 0.281 e. The van der Waals surface area contributed by atoms with Gasteiger partial charge in [0.25, 0.3) is 6.43 Å². The highest BCUT2D eigenvalue weighted by molar-refractivity contribution is 5.25. The molecule has 0 saturated heterocycles. The van der Waals surface area contributed by atoms with Crippen LogP contribution in [0.25, 0.3) is 0 Å². The lowest BCUT2D eigenvalue weighted by Gasteiger charge is -1.99. The van der Waals surface area contributed by atoms with Gasteiger partial charge in [0.05, 0.1) is 11.9 Å². The van der Waals surface area contributed by atoms with E-state index < -0.39 is 12.1 Å². The van der Waals surface area contributed by atoms with Crippen molar-refractivity contribution in [2.24, 2.45) is 0 Å². The Kier molecular flexibility index (Phi) is 2.29. The predicted octanol–water partition coefficient (Wildman–Crippen LogP) is 1.59. The van der Waals surface area contributed by atoms with Gasteiger partial charge in [-0.1, -0.05) is 0 Å². The molecule has 0 aliphatic rings. The summed E-state index contributed by atoms with van der Waals surface area (Å²) in [6.07, 6.45) is -1.70. The molecular weight excluding hydrogens is 164 g/mol. The topological polar surface area (TPSA) is 49.6 Å². The summed E-state index contributed by atoms with van der Waals surface area (Å²) in [5.41, 5.74) is -0.146. The molecule has 0 aliphatic heterocycles. The van der Waals surface area contributed by atoms with Gasteiger partial charge in [-0.2, -0.15) is 5.26 Å². The fourth-order valence-electron chi connectivity index (χ4n) is 0.674. The zero-order valence-corrected chi connectivity index (χ0v) is 6.25. The maximum atomic E-state index is 12.0. The van der Waals surface area contributed by atoms with Crippen molar-refractivity contribution in [1.29, 1.82) is 5.26 Å². The zero-order valence-electron chi connectivity index (χ0n) is 6.25. The highest BCUT2D eigenvalue weighted by Crippen LogP contribution is 2.15. The van der Waals surface area contributed by atoms with Crippen molar-refractivity contribution in [1.82, 2.24) is 9.97 Å². The highest BCUT2D eigenvalue weighted by Gasteiger charge is 2.11. The third kappa shape index (κ3) is 1.53. The summed E-state index contributed by atoms with van der Waals surface area (Å²) >= 11 is 0. The molecule has 0 aromatic carbocycles. The van der Waals surface area contributed by atoms with Gasteiger partial charge in [-0.05, 0) is 6.92 Å². The van der Waals surface area contributed by atoms with Crippen LogP contribution in [0.15, 0.2) is 6.20 Å². The Balaban J connectivity index is 3.16. The SMILES string of the molecule is Cc1ncc(C(F)F)nc1C#N. The summed E-state index contributed by atoms with van der Waals surface area (Å²) < 4.78 is 24.0. The van der Waals surface area contributed by atoms with Crippen molar-refractivity contribution >= 4 is 0 Å². The van der Waals surface area contributed by atoms with Gasteiger partial charge in [0.1, 0.15) is 11.8 Å². The minimum Gasteiger partial charge on any atom is -0.256 e. The molecule has 3 nitrogen and oxygen atoms in total. The number of halogens is 2. The van der Waals surface area contributed by atoms with Crippen molar-refractivity contribution in [2.45, 2.75) is 13.3 Å². The maximum absolute atomic E-state index is 12.0. The summed E-state index contributed by atoms with van der Waals surface area (Å²) in [6.45, 7) is 1.54. The van der Waals surface area contributed by atoms with E-state index in [1.54, 1.807) is 13.0 Å². The molecule has 0 aliphatic carbocycles. The Morgan fingerprint density at radius 2 is 2.25 bits per heavy atom. The largest absolute Gasteiger partial charge is 0.281 e. The van der Waals surface area contributed by atoms with Gasteiger partial charge in [0.2, 0.25) is 0 Å². The van der Waals surface area contributed by atoms with Crippen LogP contribution in [0.3, 0.4) is 0 Å². The minimum absolute atomic E-state index is 0.0483. The zero-order chi connectivity index (χ0) is 9.14. The molecule has 62 valence electrons. The Morgan fingerprint density at radius 3 is 2.75 bits per heavy atom. The van der Waals surface area contributed by atoms with E-state index in [2.05, 4.69) is 9.97 Å². The van der Waals surface area contributed by atoms with Crippen molar-refractivity contribution in [3.8, 4) is 6.07 Å². The van der Waals surface area contributed by atoms with Gasteiger partial charge < -0.3 is 0 Å². The minimum atomic E-state index is -2.68. The first-order valence-corrected chi connectivity index (χ1v) is 3.17. The van der Waals surface area contributed by atoms with Crippen molar-refractivity contribution in [3.63, 3.8) is 0 Å². The molecule has 0 unspecified atom stereocenters. The number of hydrogen-bond acceptors (Lipinski definition) is 3. The number of rotatable bonds is 1. The molecule has 1 heterocycles.